The maximum atomic E-state index is 12.3. The van der Waals surface area contributed by atoms with Crippen molar-refractivity contribution in [2.24, 2.45) is 0 Å². The average Bonchev–Trinajstić information content (AvgIpc) is 2.35. The molecule has 1 N–H and O–H groups in total. The predicted octanol–water partition coefficient (Wildman–Crippen LogP) is 0.790. The van der Waals surface area contributed by atoms with E-state index >= 15 is 0 Å². The minimum atomic E-state index is -0.921. The minimum Gasteiger partial charge on any atom is -0.481 e. The third-order valence-corrected chi connectivity index (χ3v) is 2.89. The molecule has 1 rings (SSSR count). The van der Waals surface area contributed by atoms with Crippen molar-refractivity contribution in [3.05, 3.63) is 12.7 Å². The monoisotopic (exact) mass is 256 g/mol. The number of carboxylic acids is 1. The smallest absolute Gasteiger partial charge is 0.320 e. The third-order valence-electron chi connectivity index (χ3n) is 2.89. The van der Waals surface area contributed by atoms with Crippen LogP contribution in [0.3, 0.4) is 0 Å². The van der Waals surface area contributed by atoms with E-state index in [9.17, 15) is 9.59 Å². The second kappa shape index (κ2) is 7.00. The molecule has 1 saturated heterocycles. The largest absolute Gasteiger partial charge is 0.481 e. The molecule has 2 amide bonds. The Labute approximate surface area is 107 Å². The molecule has 0 radical (unpaired) electrons. The Bertz CT molecular complexity index is 319. The van der Waals surface area contributed by atoms with Crippen molar-refractivity contribution < 1.29 is 19.4 Å². The number of ether oxygens (including phenoxy) is 1. The Hall–Kier alpha value is -1.56. The zero-order chi connectivity index (χ0) is 13.5. The molecule has 0 aromatic rings. The molecule has 0 aromatic carbocycles. The fourth-order valence-corrected chi connectivity index (χ4v) is 1.96. The van der Waals surface area contributed by atoms with Crippen molar-refractivity contribution >= 4 is 12.0 Å². The maximum Gasteiger partial charge on any atom is 0.320 e. The summed E-state index contributed by atoms with van der Waals surface area (Å²) in [5.74, 6) is -0.921. The third kappa shape index (κ3) is 3.73. The van der Waals surface area contributed by atoms with E-state index in [-0.39, 0.29) is 25.1 Å². The summed E-state index contributed by atoms with van der Waals surface area (Å²) in [5.41, 5.74) is 0. The number of nitrogens with zero attached hydrogens (tertiary/aromatic N) is 2. The standard InChI is InChI=1S/C12H20N2O4/c1-3-5-13(4-2)12(17)14-6-7-18-9-10(14)8-11(15)16/h3,10H,1,4-9H2,2H3,(H,15,16). The summed E-state index contributed by atoms with van der Waals surface area (Å²) in [5, 5.41) is 8.84. The lowest BCUT2D eigenvalue weighted by Crippen LogP contribution is -2.54. The topological polar surface area (TPSA) is 70.1 Å². The Morgan fingerprint density at radius 3 is 2.89 bits per heavy atom. The van der Waals surface area contributed by atoms with Crippen LogP contribution in [0.15, 0.2) is 12.7 Å². The van der Waals surface area contributed by atoms with Crippen molar-refractivity contribution in [3.63, 3.8) is 0 Å². The average molecular weight is 256 g/mol. The van der Waals surface area contributed by atoms with Gasteiger partial charge in [-0.15, -0.1) is 6.58 Å². The molecule has 1 aliphatic rings. The summed E-state index contributed by atoms with van der Waals surface area (Å²) in [6, 6.07) is -0.533. The van der Waals surface area contributed by atoms with Gasteiger partial charge in [0.1, 0.15) is 0 Å². The van der Waals surface area contributed by atoms with Crippen LogP contribution in [0.5, 0.6) is 0 Å². The first kappa shape index (κ1) is 14.5. The number of morpholine rings is 1. The van der Waals surface area contributed by atoms with Crippen molar-refractivity contribution in [1.82, 2.24) is 9.80 Å². The highest BCUT2D eigenvalue weighted by molar-refractivity contribution is 5.76. The molecule has 1 aliphatic heterocycles. The quantitative estimate of drug-likeness (QED) is 0.738. The SMILES string of the molecule is C=CCN(CC)C(=O)N1CCOCC1CC(=O)O. The van der Waals surface area contributed by atoms with Crippen molar-refractivity contribution in [2.45, 2.75) is 19.4 Å². The van der Waals surface area contributed by atoms with Gasteiger partial charge >= 0.3 is 12.0 Å². The number of carbonyl (C=O) groups is 2. The molecule has 0 spiro atoms. The molecule has 1 atom stereocenters. The van der Waals surface area contributed by atoms with Crippen molar-refractivity contribution in [3.8, 4) is 0 Å². The van der Waals surface area contributed by atoms with Crippen LogP contribution in [0.4, 0.5) is 4.79 Å². The fraction of sp³-hybridized carbons (Fsp3) is 0.667. The lowest BCUT2D eigenvalue weighted by Gasteiger charge is -2.37. The van der Waals surface area contributed by atoms with Gasteiger partial charge in [-0.3, -0.25) is 4.79 Å². The van der Waals surface area contributed by atoms with Crippen LogP contribution in [0.2, 0.25) is 0 Å². The molecule has 1 unspecified atom stereocenters. The number of rotatable bonds is 5. The number of hydrogen-bond donors (Lipinski definition) is 1. The normalized spacial score (nSPS) is 19.4. The molecular formula is C12H20N2O4. The van der Waals surface area contributed by atoms with Crippen LogP contribution in [-0.2, 0) is 9.53 Å². The molecule has 0 aromatic heterocycles. The summed E-state index contributed by atoms with van der Waals surface area (Å²) in [7, 11) is 0. The first-order valence-electron chi connectivity index (χ1n) is 6.06. The van der Waals surface area contributed by atoms with Crippen LogP contribution >= 0.6 is 0 Å². The Kier molecular flexibility index (Phi) is 5.64. The van der Waals surface area contributed by atoms with Crippen LogP contribution in [0.25, 0.3) is 0 Å². The van der Waals surface area contributed by atoms with Crippen molar-refractivity contribution in [2.75, 3.05) is 32.8 Å². The lowest BCUT2D eigenvalue weighted by atomic mass is 10.1. The van der Waals surface area contributed by atoms with E-state index in [0.717, 1.165) is 0 Å². The molecule has 1 fully saturated rings. The van der Waals surface area contributed by atoms with Crippen molar-refractivity contribution in [1.29, 1.82) is 0 Å². The Balaban J connectivity index is 2.72. The maximum absolute atomic E-state index is 12.3. The molecule has 6 heteroatoms. The zero-order valence-corrected chi connectivity index (χ0v) is 10.7. The first-order chi connectivity index (χ1) is 8.60. The van der Waals surface area contributed by atoms with E-state index in [4.69, 9.17) is 9.84 Å². The molecule has 0 saturated carbocycles. The highest BCUT2D eigenvalue weighted by atomic mass is 16.5. The van der Waals surface area contributed by atoms with Crippen LogP contribution in [0, 0.1) is 0 Å². The number of carbonyl (C=O) groups excluding carboxylic acids is 1. The molecule has 102 valence electrons. The molecule has 18 heavy (non-hydrogen) atoms. The van der Waals surface area contributed by atoms with Crippen LogP contribution in [0.1, 0.15) is 13.3 Å². The van der Waals surface area contributed by atoms with E-state index in [1.807, 2.05) is 6.92 Å². The highest BCUT2D eigenvalue weighted by Gasteiger charge is 2.31. The van der Waals surface area contributed by atoms with Gasteiger partial charge in [0.2, 0.25) is 0 Å². The summed E-state index contributed by atoms with van der Waals surface area (Å²) in [6.45, 7) is 7.70. The van der Waals surface area contributed by atoms with E-state index in [1.165, 1.54) is 0 Å². The van der Waals surface area contributed by atoms with Gasteiger partial charge in [-0.25, -0.2) is 4.79 Å². The number of hydrogen-bond acceptors (Lipinski definition) is 3. The van der Waals surface area contributed by atoms with Gasteiger partial charge in [-0.1, -0.05) is 6.08 Å². The second-order valence-electron chi connectivity index (χ2n) is 4.13. The van der Waals surface area contributed by atoms with Gasteiger partial charge in [0, 0.05) is 19.6 Å². The number of carboxylic acid groups (broad SMARTS) is 1. The Morgan fingerprint density at radius 2 is 2.33 bits per heavy atom. The van der Waals surface area contributed by atoms with Gasteiger partial charge in [-0.2, -0.15) is 0 Å². The van der Waals surface area contributed by atoms with E-state index < -0.39 is 5.97 Å². The first-order valence-corrected chi connectivity index (χ1v) is 6.06. The van der Waals surface area contributed by atoms with Gasteiger partial charge < -0.3 is 19.6 Å². The second-order valence-corrected chi connectivity index (χ2v) is 4.13. The number of likely N-dealkylation sites (N-methyl/N-ethyl adjacent to an activating group) is 1. The summed E-state index contributed by atoms with van der Waals surface area (Å²) >= 11 is 0. The summed E-state index contributed by atoms with van der Waals surface area (Å²) in [4.78, 5) is 26.3. The van der Waals surface area contributed by atoms with Gasteiger partial charge in [0.25, 0.3) is 0 Å². The molecule has 0 aliphatic carbocycles. The van der Waals surface area contributed by atoms with Crippen LogP contribution in [-0.4, -0.2) is 65.8 Å². The van der Waals surface area contributed by atoms with E-state index in [1.54, 1.807) is 15.9 Å². The number of urea groups is 1. The molecule has 1 heterocycles. The molecule has 0 bridgehead atoms. The van der Waals surface area contributed by atoms with Gasteiger partial charge in [-0.05, 0) is 6.92 Å². The lowest BCUT2D eigenvalue weighted by molar-refractivity contribution is -0.139. The minimum absolute atomic E-state index is 0.0859. The van der Waals surface area contributed by atoms with Gasteiger partial charge in [0.05, 0.1) is 25.7 Å². The highest BCUT2D eigenvalue weighted by Crippen LogP contribution is 2.13. The predicted molar refractivity (Wildman–Crippen MR) is 66.4 cm³/mol. The fourth-order valence-electron chi connectivity index (χ4n) is 1.96. The van der Waals surface area contributed by atoms with Gasteiger partial charge in [0.15, 0.2) is 0 Å². The van der Waals surface area contributed by atoms with E-state index in [2.05, 4.69) is 6.58 Å². The van der Waals surface area contributed by atoms with E-state index in [0.29, 0.717) is 26.2 Å². The number of amides is 2. The molecule has 6 nitrogen and oxygen atoms in total. The van der Waals surface area contributed by atoms with Crippen LogP contribution < -0.4 is 0 Å². The Morgan fingerprint density at radius 1 is 1.61 bits per heavy atom. The molecular weight excluding hydrogens is 236 g/mol. The summed E-state index contributed by atoms with van der Waals surface area (Å²) in [6.07, 6.45) is 1.57. The summed E-state index contributed by atoms with van der Waals surface area (Å²) < 4.78 is 5.24. The zero-order valence-electron chi connectivity index (χ0n) is 10.7. The number of aliphatic carboxylic acids is 1.